The van der Waals surface area contributed by atoms with Gasteiger partial charge in [0.25, 0.3) is 5.91 Å². The zero-order valence-electron chi connectivity index (χ0n) is 22.9. The van der Waals surface area contributed by atoms with E-state index in [1.54, 1.807) is 18.2 Å². The van der Waals surface area contributed by atoms with Crippen molar-refractivity contribution < 1.29 is 24.2 Å². The molecule has 6 rings (SSSR count). The lowest BCUT2D eigenvalue weighted by molar-refractivity contribution is -0.134. The summed E-state index contributed by atoms with van der Waals surface area (Å²) in [5.74, 6) is -0.161. The summed E-state index contributed by atoms with van der Waals surface area (Å²) in [6.45, 7) is 3.92. The van der Waals surface area contributed by atoms with Crippen LogP contribution < -0.4 is 14.5 Å². The predicted molar refractivity (Wildman–Crippen MR) is 155 cm³/mol. The number of carboxylic acid groups (broad SMARTS) is 1. The van der Waals surface area contributed by atoms with Gasteiger partial charge < -0.3 is 29.4 Å². The maximum absolute atomic E-state index is 14.1. The highest BCUT2D eigenvalue weighted by Gasteiger charge is 2.53. The molecule has 3 aromatic rings. The Morgan fingerprint density at radius 3 is 2.44 bits per heavy atom. The summed E-state index contributed by atoms with van der Waals surface area (Å²) in [5, 5.41) is 9.41. The maximum Gasteiger partial charge on any atom is 0.335 e. The molecule has 0 aliphatic carbocycles. The summed E-state index contributed by atoms with van der Waals surface area (Å²) < 4.78 is 5.57. The van der Waals surface area contributed by atoms with E-state index in [1.165, 1.54) is 0 Å². The van der Waals surface area contributed by atoms with Gasteiger partial charge in [-0.1, -0.05) is 42.5 Å². The zero-order chi connectivity index (χ0) is 28.4. The predicted octanol–water partition coefficient (Wildman–Crippen LogP) is 3.84. The van der Waals surface area contributed by atoms with Crippen LogP contribution in [0.4, 0.5) is 11.4 Å². The number of benzene rings is 3. The molecule has 3 aromatic carbocycles. The zero-order valence-corrected chi connectivity index (χ0v) is 22.9. The number of para-hydroxylation sites is 3. The quantitative estimate of drug-likeness (QED) is 0.452. The highest BCUT2D eigenvalue weighted by molar-refractivity contribution is 5.97. The van der Waals surface area contributed by atoms with E-state index in [9.17, 15) is 19.5 Å². The number of amides is 2. The second kappa shape index (κ2) is 11.2. The smallest absolute Gasteiger partial charge is 0.335 e. The molecule has 0 atom stereocenters. The highest BCUT2D eigenvalue weighted by Crippen LogP contribution is 2.40. The molecule has 3 aliphatic heterocycles. The lowest BCUT2D eigenvalue weighted by atomic mass is 9.85. The molecule has 0 aromatic heterocycles. The summed E-state index contributed by atoms with van der Waals surface area (Å²) >= 11 is 0. The molecular weight excluding hydrogens is 520 g/mol. The minimum Gasteiger partial charge on any atom is -0.482 e. The van der Waals surface area contributed by atoms with Crippen LogP contribution in [0.15, 0.2) is 78.9 Å². The number of fused-ring (bicyclic) bond motifs is 1. The van der Waals surface area contributed by atoms with Crippen LogP contribution in [0.3, 0.4) is 0 Å². The second-order valence-corrected chi connectivity index (χ2v) is 10.9. The average molecular weight is 555 g/mol. The number of ether oxygens (including phenoxy) is 1. The Labute approximate surface area is 239 Å². The van der Waals surface area contributed by atoms with Crippen LogP contribution in [-0.2, 0) is 16.1 Å². The monoisotopic (exact) mass is 554 g/mol. The van der Waals surface area contributed by atoms with Crippen molar-refractivity contribution in [3.63, 3.8) is 0 Å². The lowest BCUT2D eigenvalue weighted by Crippen LogP contribution is -2.56. The van der Waals surface area contributed by atoms with Crippen molar-refractivity contribution in [3.05, 3.63) is 90.0 Å². The summed E-state index contributed by atoms with van der Waals surface area (Å²) in [7, 11) is 0. The van der Waals surface area contributed by atoms with Gasteiger partial charge in [0.05, 0.1) is 17.9 Å². The molecule has 3 heterocycles. The Morgan fingerprint density at radius 1 is 0.902 bits per heavy atom. The molecule has 41 heavy (non-hydrogen) atoms. The normalized spacial score (nSPS) is 18.5. The number of hydrogen-bond donors (Lipinski definition) is 1. The third-order valence-electron chi connectivity index (χ3n) is 8.48. The number of anilines is 2. The van der Waals surface area contributed by atoms with Gasteiger partial charge in [0.15, 0.2) is 6.61 Å². The maximum atomic E-state index is 14.1. The first-order valence-electron chi connectivity index (χ1n) is 14.1. The second-order valence-electron chi connectivity index (χ2n) is 10.9. The molecule has 2 fully saturated rings. The van der Waals surface area contributed by atoms with Gasteiger partial charge in [-0.05, 0) is 67.8 Å². The Bertz CT molecular complexity index is 1440. The number of aromatic carboxylic acids is 1. The van der Waals surface area contributed by atoms with Crippen molar-refractivity contribution in [2.75, 3.05) is 49.3 Å². The molecule has 0 bridgehead atoms. The van der Waals surface area contributed by atoms with E-state index in [1.807, 2.05) is 70.5 Å². The van der Waals surface area contributed by atoms with Crippen LogP contribution in [-0.4, -0.2) is 77.7 Å². The standard InChI is InChI=1S/C32H34N4O5/c37-29-22-41-28-13-5-4-12-27(28)35(29)17-7-16-33-18-14-32(15-19-33)31(40)34(23-36(32)26-10-2-1-3-11-26)21-24-8-6-9-25(20-24)30(38)39/h1-6,8-13,20H,7,14-19,21-23H2,(H,38,39). The van der Waals surface area contributed by atoms with Gasteiger partial charge in [-0.2, -0.15) is 0 Å². The van der Waals surface area contributed by atoms with Crippen molar-refractivity contribution in [2.45, 2.75) is 31.3 Å². The van der Waals surface area contributed by atoms with Crippen LogP contribution in [0.1, 0.15) is 35.2 Å². The molecule has 9 nitrogen and oxygen atoms in total. The number of nitrogens with zero attached hydrogens (tertiary/aromatic N) is 4. The molecule has 1 N–H and O–H groups in total. The lowest BCUT2D eigenvalue weighted by Gasteiger charge is -2.43. The summed E-state index contributed by atoms with van der Waals surface area (Å²) in [6.07, 6.45) is 2.23. The van der Waals surface area contributed by atoms with Crippen LogP contribution in [0, 0.1) is 0 Å². The number of carbonyl (C=O) groups excluding carboxylic acids is 2. The van der Waals surface area contributed by atoms with Crippen LogP contribution >= 0.6 is 0 Å². The third-order valence-corrected chi connectivity index (χ3v) is 8.48. The van der Waals surface area contributed by atoms with Gasteiger partial charge in [0, 0.05) is 31.9 Å². The van der Waals surface area contributed by atoms with Gasteiger partial charge in [0.2, 0.25) is 5.91 Å². The molecule has 9 heteroatoms. The first-order chi connectivity index (χ1) is 19.9. The first-order valence-corrected chi connectivity index (χ1v) is 14.1. The average Bonchev–Trinajstić information content (AvgIpc) is 3.26. The molecule has 1 spiro atoms. The number of piperidine rings is 1. The molecule has 2 saturated heterocycles. The fourth-order valence-corrected chi connectivity index (χ4v) is 6.34. The Hall–Kier alpha value is -4.37. The van der Waals surface area contributed by atoms with Crippen molar-refractivity contribution in [2.24, 2.45) is 0 Å². The van der Waals surface area contributed by atoms with Crippen LogP contribution in [0.5, 0.6) is 5.75 Å². The summed E-state index contributed by atoms with van der Waals surface area (Å²) in [4.78, 5) is 46.4. The van der Waals surface area contributed by atoms with E-state index in [2.05, 4.69) is 9.80 Å². The fourth-order valence-electron chi connectivity index (χ4n) is 6.34. The number of hydrogen-bond acceptors (Lipinski definition) is 6. The topological polar surface area (TPSA) is 93.6 Å². The molecule has 2 amide bonds. The van der Waals surface area contributed by atoms with E-state index in [4.69, 9.17) is 4.74 Å². The van der Waals surface area contributed by atoms with E-state index < -0.39 is 11.5 Å². The fraction of sp³-hybridized carbons (Fsp3) is 0.344. The molecule has 3 aliphatic rings. The largest absolute Gasteiger partial charge is 0.482 e. The molecule has 0 radical (unpaired) electrons. The van der Waals surface area contributed by atoms with Crippen molar-refractivity contribution in [1.82, 2.24) is 9.80 Å². The number of carboxylic acids is 1. The van der Waals surface area contributed by atoms with E-state index in [0.29, 0.717) is 32.6 Å². The van der Waals surface area contributed by atoms with Gasteiger partial charge in [-0.15, -0.1) is 0 Å². The van der Waals surface area contributed by atoms with Crippen molar-refractivity contribution >= 4 is 29.2 Å². The molecule has 0 saturated carbocycles. The minimum atomic E-state index is -0.975. The Balaban J connectivity index is 1.13. The number of likely N-dealkylation sites (tertiary alicyclic amines) is 1. The van der Waals surface area contributed by atoms with Crippen molar-refractivity contribution in [3.8, 4) is 5.75 Å². The number of rotatable bonds is 8. The summed E-state index contributed by atoms with van der Waals surface area (Å²) in [5.41, 5.74) is 2.23. The Morgan fingerprint density at radius 2 is 1.66 bits per heavy atom. The molecule has 0 unspecified atom stereocenters. The third kappa shape index (κ3) is 5.25. The van der Waals surface area contributed by atoms with E-state index in [-0.39, 0.29) is 24.0 Å². The SMILES string of the molecule is O=C(O)c1cccc(CN2CN(c3ccccc3)C3(CCN(CCCN4C(=O)COc5ccccc54)CC3)C2=O)c1. The molecule has 212 valence electrons. The van der Waals surface area contributed by atoms with Gasteiger partial charge in [0.1, 0.15) is 11.3 Å². The van der Waals surface area contributed by atoms with Crippen LogP contribution in [0.25, 0.3) is 0 Å². The van der Waals surface area contributed by atoms with Gasteiger partial charge in [-0.25, -0.2) is 4.79 Å². The van der Waals surface area contributed by atoms with Crippen LogP contribution in [0.2, 0.25) is 0 Å². The molecular formula is C32H34N4O5. The minimum absolute atomic E-state index is 0.0228. The first kappa shape index (κ1) is 26.8. The summed E-state index contributed by atoms with van der Waals surface area (Å²) in [6, 6.07) is 24.5. The van der Waals surface area contributed by atoms with Gasteiger partial charge >= 0.3 is 5.97 Å². The Kier molecular flexibility index (Phi) is 7.36. The van der Waals surface area contributed by atoms with Gasteiger partial charge in [-0.3, -0.25) is 9.59 Å². The highest BCUT2D eigenvalue weighted by atomic mass is 16.5. The van der Waals surface area contributed by atoms with Crippen molar-refractivity contribution in [1.29, 1.82) is 0 Å². The number of carbonyl (C=O) groups is 3. The van der Waals surface area contributed by atoms with E-state index in [0.717, 1.165) is 48.7 Å². The van der Waals surface area contributed by atoms with E-state index >= 15 is 0 Å².